The third-order valence-electron chi connectivity index (χ3n) is 2.09. The first kappa shape index (κ1) is 11.2. The Morgan fingerprint density at radius 2 is 1.67 bits per heavy atom. The van der Waals surface area contributed by atoms with E-state index in [0.717, 1.165) is 11.1 Å². The number of hydrogen-bond acceptors (Lipinski definition) is 0. The molecule has 0 heterocycles. The molecule has 0 aromatic heterocycles. The van der Waals surface area contributed by atoms with Crippen LogP contribution in [0.2, 0.25) is 10.0 Å². The predicted molar refractivity (Wildman–Crippen MR) is 74.6 cm³/mol. The van der Waals surface area contributed by atoms with Gasteiger partial charge in [0.2, 0.25) is 0 Å². The van der Waals surface area contributed by atoms with E-state index in [1.54, 1.807) is 6.07 Å². The van der Waals surface area contributed by atoms with E-state index in [1.807, 2.05) is 30.3 Å². The SMILES string of the molecule is Clc1cccc(-c2cccc(I)c2)c1Cl. The minimum Gasteiger partial charge on any atom is -0.0827 e. The second-order valence-electron chi connectivity index (χ2n) is 3.11. The highest BCUT2D eigenvalue weighted by Crippen LogP contribution is 2.33. The Morgan fingerprint density at radius 1 is 0.933 bits per heavy atom. The summed E-state index contributed by atoms with van der Waals surface area (Å²) in [5.74, 6) is 0. The van der Waals surface area contributed by atoms with Gasteiger partial charge in [-0.2, -0.15) is 0 Å². The third-order valence-corrected chi connectivity index (χ3v) is 3.58. The summed E-state index contributed by atoms with van der Waals surface area (Å²) in [5.41, 5.74) is 2.07. The number of benzene rings is 2. The van der Waals surface area contributed by atoms with E-state index < -0.39 is 0 Å². The Hall–Kier alpha value is -0.250. The smallest absolute Gasteiger partial charge is 0.0670 e. The predicted octanol–water partition coefficient (Wildman–Crippen LogP) is 5.27. The Bertz CT molecular complexity index is 495. The number of halogens is 3. The summed E-state index contributed by atoms with van der Waals surface area (Å²) in [6, 6.07) is 13.8. The van der Waals surface area contributed by atoms with Crippen molar-refractivity contribution in [1.29, 1.82) is 0 Å². The summed E-state index contributed by atoms with van der Waals surface area (Å²) >= 11 is 14.4. The van der Waals surface area contributed by atoms with Gasteiger partial charge in [-0.25, -0.2) is 0 Å². The van der Waals surface area contributed by atoms with Crippen LogP contribution in [0.1, 0.15) is 0 Å². The van der Waals surface area contributed by atoms with Gasteiger partial charge in [-0.3, -0.25) is 0 Å². The Labute approximate surface area is 112 Å². The second kappa shape index (κ2) is 4.73. The van der Waals surface area contributed by atoms with Crippen LogP contribution < -0.4 is 0 Å². The molecule has 15 heavy (non-hydrogen) atoms. The zero-order chi connectivity index (χ0) is 10.8. The van der Waals surface area contributed by atoms with Crippen LogP contribution in [0.5, 0.6) is 0 Å². The monoisotopic (exact) mass is 348 g/mol. The Morgan fingerprint density at radius 3 is 2.40 bits per heavy atom. The van der Waals surface area contributed by atoms with Crippen LogP contribution in [0.15, 0.2) is 42.5 Å². The average molecular weight is 349 g/mol. The maximum Gasteiger partial charge on any atom is 0.0670 e. The largest absolute Gasteiger partial charge is 0.0827 e. The lowest BCUT2D eigenvalue weighted by Gasteiger charge is -2.06. The van der Waals surface area contributed by atoms with Crippen LogP contribution in [0.25, 0.3) is 11.1 Å². The molecule has 0 saturated carbocycles. The first-order chi connectivity index (χ1) is 7.18. The van der Waals surface area contributed by atoms with Crippen molar-refractivity contribution < 1.29 is 0 Å². The van der Waals surface area contributed by atoms with Crippen molar-refractivity contribution in [3.8, 4) is 11.1 Å². The molecule has 0 amide bonds. The molecule has 2 aromatic carbocycles. The molecule has 3 heteroatoms. The Kier molecular flexibility index (Phi) is 3.54. The van der Waals surface area contributed by atoms with Crippen molar-refractivity contribution in [2.24, 2.45) is 0 Å². The molecule has 2 rings (SSSR count). The second-order valence-corrected chi connectivity index (χ2v) is 5.14. The van der Waals surface area contributed by atoms with Crippen molar-refractivity contribution in [2.45, 2.75) is 0 Å². The summed E-state index contributed by atoms with van der Waals surface area (Å²) in [6.07, 6.45) is 0. The summed E-state index contributed by atoms with van der Waals surface area (Å²) in [6.45, 7) is 0. The van der Waals surface area contributed by atoms with Gasteiger partial charge in [-0.05, 0) is 46.4 Å². The average Bonchev–Trinajstić information content (AvgIpc) is 2.22. The number of hydrogen-bond donors (Lipinski definition) is 0. The molecule has 0 bridgehead atoms. The highest BCUT2D eigenvalue weighted by Gasteiger charge is 2.06. The van der Waals surface area contributed by atoms with Crippen molar-refractivity contribution in [1.82, 2.24) is 0 Å². The third kappa shape index (κ3) is 2.47. The maximum absolute atomic E-state index is 6.15. The van der Waals surface area contributed by atoms with Crippen LogP contribution in [-0.2, 0) is 0 Å². The quantitative estimate of drug-likeness (QED) is 0.616. The molecule has 0 N–H and O–H groups in total. The van der Waals surface area contributed by atoms with Gasteiger partial charge in [0.15, 0.2) is 0 Å². The fourth-order valence-electron chi connectivity index (χ4n) is 1.38. The van der Waals surface area contributed by atoms with Crippen LogP contribution in [0.3, 0.4) is 0 Å². The molecular weight excluding hydrogens is 342 g/mol. The van der Waals surface area contributed by atoms with Crippen molar-refractivity contribution in [2.75, 3.05) is 0 Å². The van der Waals surface area contributed by atoms with Crippen LogP contribution in [0, 0.1) is 3.57 Å². The zero-order valence-corrected chi connectivity index (χ0v) is 11.3. The lowest BCUT2D eigenvalue weighted by Crippen LogP contribution is -1.81. The minimum absolute atomic E-state index is 0.591. The van der Waals surface area contributed by atoms with E-state index in [1.165, 1.54) is 3.57 Å². The van der Waals surface area contributed by atoms with Crippen LogP contribution >= 0.6 is 45.8 Å². The fourth-order valence-corrected chi connectivity index (χ4v) is 2.34. The molecular formula is C12H7Cl2I. The lowest BCUT2D eigenvalue weighted by molar-refractivity contribution is 1.59. The maximum atomic E-state index is 6.15. The molecule has 76 valence electrons. The molecule has 0 nitrogen and oxygen atoms in total. The summed E-state index contributed by atoms with van der Waals surface area (Å²) in [4.78, 5) is 0. The summed E-state index contributed by atoms with van der Waals surface area (Å²) in [5, 5.41) is 1.20. The van der Waals surface area contributed by atoms with Gasteiger partial charge in [0, 0.05) is 9.13 Å². The van der Waals surface area contributed by atoms with Crippen LogP contribution in [-0.4, -0.2) is 0 Å². The van der Waals surface area contributed by atoms with Gasteiger partial charge in [-0.1, -0.05) is 47.5 Å². The molecule has 0 saturated heterocycles. The molecule has 0 radical (unpaired) electrons. The molecule has 0 spiro atoms. The lowest BCUT2D eigenvalue weighted by atomic mass is 10.1. The first-order valence-corrected chi connectivity index (χ1v) is 6.22. The first-order valence-electron chi connectivity index (χ1n) is 4.38. The Balaban J connectivity index is 2.59. The molecule has 0 aliphatic rings. The van der Waals surface area contributed by atoms with Crippen molar-refractivity contribution in [3.05, 3.63) is 56.1 Å². The highest BCUT2D eigenvalue weighted by atomic mass is 127. The van der Waals surface area contributed by atoms with E-state index >= 15 is 0 Å². The molecule has 0 fully saturated rings. The van der Waals surface area contributed by atoms with Gasteiger partial charge >= 0.3 is 0 Å². The summed E-state index contributed by atoms with van der Waals surface area (Å²) in [7, 11) is 0. The molecule has 0 aliphatic heterocycles. The topological polar surface area (TPSA) is 0 Å². The molecule has 0 aliphatic carbocycles. The van der Waals surface area contributed by atoms with Gasteiger partial charge in [0.25, 0.3) is 0 Å². The van der Waals surface area contributed by atoms with Crippen molar-refractivity contribution >= 4 is 45.8 Å². The van der Waals surface area contributed by atoms with Gasteiger partial charge in [-0.15, -0.1) is 0 Å². The fraction of sp³-hybridized carbons (Fsp3) is 0. The zero-order valence-electron chi connectivity index (χ0n) is 7.68. The normalized spacial score (nSPS) is 10.3. The van der Waals surface area contributed by atoms with E-state index in [2.05, 4.69) is 28.7 Å². The van der Waals surface area contributed by atoms with E-state index in [-0.39, 0.29) is 0 Å². The van der Waals surface area contributed by atoms with Gasteiger partial charge in [0.1, 0.15) is 0 Å². The van der Waals surface area contributed by atoms with Crippen LogP contribution in [0.4, 0.5) is 0 Å². The van der Waals surface area contributed by atoms with Crippen molar-refractivity contribution in [3.63, 3.8) is 0 Å². The molecule has 0 unspecified atom stereocenters. The van der Waals surface area contributed by atoms with E-state index in [4.69, 9.17) is 23.2 Å². The summed E-state index contributed by atoms with van der Waals surface area (Å²) < 4.78 is 1.18. The molecule has 0 atom stereocenters. The highest BCUT2D eigenvalue weighted by molar-refractivity contribution is 14.1. The van der Waals surface area contributed by atoms with E-state index in [0.29, 0.717) is 10.0 Å². The van der Waals surface area contributed by atoms with Gasteiger partial charge in [0.05, 0.1) is 10.0 Å². The number of rotatable bonds is 1. The van der Waals surface area contributed by atoms with Gasteiger partial charge < -0.3 is 0 Å². The molecule has 2 aromatic rings. The standard InChI is InChI=1S/C12H7Cl2I/c13-11-6-2-5-10(12(11)14)8-3-1-4-9(15)7-8/h1-7H. The minimum atomic E-state index is 0.591. The van der Waals surface area contributed by atoms with E-state index in [9.17, 15) is 0 Å².